The summed E-state index contributed by atoms with van der Waals surface area (Å²) in [5, 5.41) is 2.78. The van der Waals surface area contributed by atoms with Crippen LogP contribution < -0.4 is 11.1 Å². The summed E-state index contributed by atoms with van der Waals surface area (Å²) in [6.45, 7) is 6.53. The molecule has 3 N–H and O–H groups in total. The number of carbonyl (C=O) groups excluding carboxylic acids is 2. The number of amides is 2. The van der Waals surface area contributed by atoms with E-state index in [0.29, 0.717) is 19.5 Å². The van der Waals surface area contributed by atoms with E-state index in [-0.39, 0.29) is 11.8 Å². The fourth-order valence-electron chi connectivity index (χ4n) is 2.15. The van der Waals surface area contributed by atoms with E-state index in [2.05, 4.69) is 5.32 Å². The molecular formula is C11H21N3O2. The van der Waals surface area contributed by atoms with Crippen LogP contribution in [0.4, 0.5) is 0 Å². The maximum atomic E-state index is 12.0. The summed E-state index contributed by atoms with van der Waals surface area (Å²) in [6.07, 6.45) is 1.56. The van der Waals surface area contributed by atoms with Gasteiger partial charge in [-0.2, -0.15) is 0 Å². The molecule has 1 saturated heterocycles. The smallest absolute Gasteiger partial charge is 0.245 e. The quantitative estimate of drug-likeness (QED) is 0.704. The van der Waals surface area contributed by atoms with Crippen LogP contribution in [-0.2, 0) is 9.59 Å². The van der Waals surface area contributed by atoms with Crippen LogP contribution >= 0.6 is 0 Å². The number of carbonyl (C=O) groups is 2. The minimum absolute atomic E-state index is 0.0819. The molecule has 16 heavy (non-hydrogen) atoms. The predicted octanol–water partition coefficient (Wildman–Crippen LogP) is -0.149. The molecule has 92 valence electrons. The van der Waals surface area contributed by atoms with Crippen molar-refractivity contribution in [3.63, 3.8) is 0 Å². The minimum atomic E-state index is -0.722. The van der Waals surface area contributed by atoms with Crippen molar-refractivity contribution < 1.29 is 9.59 Å². The molecule has 0 unspecified atom stereocenters. The average Bonchev–Trinajstić information content (AvgIpc) is 2.61. The number of hydrogen-bond donors (Lipinski definition) is 2. The second kappa shape index (κ2) is 4.82. The van der Waals surface area contributed by atoms with Gasteiger partial charge < -0.3 is 16.0 Å². The van der Waals surface area contributed by atoms with Gasteiger partial charge in [-0.15, -0.1) is 0 Å². The van der Waals surface area contributed by atoms with Gasteiger partial charge in [0.2, 0.25) is 11.8 Å². The highest BCUT2D eigenvalue weighted by molar-refractivity contribution is 5.93. The highest BCUT2D eigenvalue weighted by Crippen LogP contribution is 2.29. The molecule has 1 rings (SSSR count). The molecule has 0 aromatic heterocycles. The molecule has 0 aromatic rings. The van der Waals surface area contributed by atoms with Crippen LogP contribution in [0.5, 0.6) is 0 Å². The van der Waals surface area contributed by atoms with Crippen molar-refractivity contribution in [2.24, 2.45) is 5.73 Å². The fraction of sp³-hybridized carbons (Fsp3) is 0.818. The summed E-state index contributed by atoms with van der Waals surface area (Å²) >= 11 is 0. The van der Waals surface area contributed by atoms with Crippen molar-refractivity contribution in [1.29, 1.82) is 0 Å². The van der Waals surface area contributed by atoms with E-state index < -0.39 is 11.6 Å². The molecule has 0 aliphatic carbocycles. The van der Waals surface area contributed by atoms with Crippen LogP contribution in [0.3, 0.4) is 0 Å². The Morgan fingerprint density at radius 1 is 1.56 bits per heavy atom. The summed E-state index contributed by atoms with van der Waals surface area (Å²) in [5.41, 5.74) is 4.87. The third-order valence-corrected chi connectivity index (χ3v) is 3.12. The molecular weight excluding hydrogens is 206 g/mol. The second-order valence-corrected chi connectivity index (χ2v) is 4.52. The lowest BCUT2D eigenvalue weighted by atomic mass is 9.97. The second-order valence-electron chi connectivity index (χ2n) is 4.52. The maximum absolute atomic E-state index is 12.0. The standard InChI is InChI=1S/C11H21N3O2/c1-4-13-10(16)11(3)6-5-7-14(11)9(15)8(2)12/h8H,4-7,12H2,1-3H3,(H,13,16)/t8-,11-/m0/s1. The monoisotopic (exact) mass is 227 g/mol. The Morgan fingerprint density at radius 2 is 2.19 bits per heavy atom. The highest BCUT2D eigenvalue weighted by Gasteiger charge is 2.45. The first-order valence-electron chi connectivity index (χ1n) is 5.79. The lowest BCUT2D eigenvalue weighted by Crippen LogP contribution is -2.58. The van der Waals surface area contributed by atoms with Gasteiger partial charge >= 0.3 is 0 Å². The van der Waals surface area contributed by atoms with E-state index in [9.17, 15) is 9.59 Å². The Labute approximate surface area is 96.4 Å². The number of nitrogens with two attached hydrogens (primary N) is 1. The zero-order valence-electron chi connectivity index (χ0n) is 10.2. The molecule has 1 heterocycles. The molecule has 1 aliphatic rings. The molecule has 0 radical (unpaired) electrons. The topological polar surface area (TPSA) is 75.4 Å². The van der Waals surface area contributed by atoms with E-state index in [1.54, 1.807) is 11.8 Å². The highest BCUT2D eigenvalue weighted by atomic mass is 16.2. The molecule has 0 spiro atoms. The van der Waals surface area contributed by atoms with E-state index >= 15 is 0 Å². The first kappa shape index (κ1) is 13.0. The molecule has 2 atom stereocenters. The minimum Gasteiger partial charge on any atom is -0.354 e. The third-order valence-electron chi connectivity index (χ3n) is 3.12. The Hall–Kier alpha value is -1.10. The Morgan fingerprint density at radius 3 is 2.69 bits per heavy atom. The summed E-state index contributed by atoms with van der Waals surface area (Å²) in [7, 11) is 0. The summed E-state index contributed by atoms with van der Waals surface area (Å²) in [6, 6.07) is -0.549. The van der Waals surface area contributed by atoms with Crippen LogP contribution in [0.15, 0.2) is 0 Å². The zero-order chi connectivity index (χ0) is 12.3. The van der Waals surface area contributed by atoms with E-state index in [1.807, 2.05) is 13.8 Å². The maximum Gasteiger partial charge on any atom is 0.245 e. The molecule has 0 bridgehead atoms. The molecule has 2 amide bonds. The van der Waals surface area contributed by atoms with Gasteiger partial charge in [0, 0.05) is 13.1 Å². The lowest BCUT2D eigenvalue weighted by Gasteiger charge is -2.34. The first-order chi connectivity index (χ1) is 7.43. The Balaban J connectivity index is 2.85. The van der Waals surface area contributed by atoms with E-state index in [0.717, 1.165) is 6.42 Å². The zero-order valence-corrected chi connectivity index (χ0v) is 10.2. The normalized spacial score (nSPS) is 26.6. The van der Waals surface area contributed by atoms with Gasteiger partial charge in [0.05, 0.1) is 6.04 Å². The number of hydrogen-bond acceptors (Lipinski definition) is 3. The average molecular weight is 227 g/mol. The summed E-state index contributed by atoms with van der Waals surface area (Å²) in [4.78, 5) is 25.5. The number of likely N-dealkylation sites (N-methyl/N-ethyl adjacent to an activating group) is 1. The van der Waals surface area contributed by atoms with Crippen molar-refractivity contribution in [2.45, 2.75) is 45.2 Å². The van der Waals surface area contributed by atoms with Crippen molar-refractivity contribution in [1.82, 2.24) is 10.2 Å². The fourth-order valence-corrected chi connectivity index (χ4v) is 2.15. The van der Waals surface area contributed by atoms with Crippen molar-refractivity contribution in [3.05, 3.63) is 0 Å². The Bertz CT molecular complexity index is 291. The summed E-state index contributed by atoms with van der Waals surface area (Å²) < 4.78 is 0. The molecule has 5 heteroatoms. The van der Waals surface area contributed by atoms with Crippen molar-refractivity contribution >= 4 is 11.8 Å². The van der Waals surface area contributed by atoms with Crippen molar-refractivity contribution in [3.8, 4) is 0 Å². The van der Waals surface area contributed by atoms with Crippen LogP contribution in [-0.4, -0.2) is 41.4 Å². The van der Waals surface area contributed by atoms with Gasteiger partial charge in [-0.05, 0) is 33.6 Å². The van der Waals surface area contributed by atoms with Crippen LogP contribution in [0.1, 0.15) is 33.6 Å². The SMILES string of the molecule is CCNC(=O)[C@]1(C)CCCN1C(=O)[C@H](C)N. The van der Waals surface area contributed by atoms with Gasteiger partial charge in [-0.1, -0.05) is 0 Å². The van der Waals surface area contributed by atoms with Crippen molar-refractivity contribution in [2.75, 3.05) is 13.1 Å². The molecule has 5 nitrogen and oxygen atoms in total. The number of rotatable bonds is 3. The molecule has 1 fully saturated rings. The summed E-state index contributed by atoms with van der Waals surface area (Å²) in [5.74, 6) is -0.229. The van der Waals surface area contributed by atoms with Crippen LogP contribution in [0, 0.1) is 0 Å². The van der Waals surface area contributed by atoms with Gasteiger partial charge in [0.1, 0.15) is 5.54 Å². The predicted molar refractivity (Wildman–Crippen MR) is 61.7 cm³/mol. The van der Waals surface area contributed by atoms with Crippen LogP contribution in [0.2, 0.25) is 0 Å². The molecule has 1 aliphatic heterocycles. The molecule has 0 aromatic carbocycles. The van der Waals surface area contributed by atoms with Gasteiger partial charge in [0.25, 0.3) is 0 Å². The third kappa shape index (κ3) is 2.19. The number of nitrogens with zero attached hydrogens (tertiary/aromatic N) is 1. The van der Waals surface area contributed by atoms with E-state index in [4.69, 9.17) is 5.73 Å². The van der Waals surface area contributed by atoms with Gasteiger partial charge in [0.15, 0.2) is 0 Å². The molecule has 0 saturated carbocycles. The van der Waals surface area contributed by atoms with Gasteiger partial charge in [-0.25, -0.2) is 0 Å². The van der Waals surface area contributed by atoms with Crippen LogP contribution in [0.25, 0.3) is 0 Å². The number of likely N-dealkylation sites (tertiary alicyclic amines) is 1. The lowest BCUT2D eigenvalue weighted by molar-refractivity contribution is -0.144. The van der Waals surface area contributed by atoms with E-state index in [1.165, 1.54) is 0 Å². The number of nitrogens with one attached hydrogen (secondary N) is 1. The largest absolute Gasteiger partial charge is 0.354 e. The first-order valence-corrected chi connectivity index (χ1v) is 5.79. The van der Waals surface area contributed by atoms with Gasteiger partial charge in [-0.3, -0.25) is 9.59 Å². The Kier molecular flexibility index (Phi) is 3.91.